The molecule has 0 radical (unpaired) electrons. The number of rotatable bonds is 4. The molecule has 0 aliphatic rings. The number of oxazole rings is 1. The minimum Gasteiger partial charge on any atom is -0.443 e. The molecule has 4 heteroatoms. The van der Waals surface area contributed by atoms with Crippen LogP contribution in [0.3, 0.4) is 0 Å². The molecule has 4 nitrogen and oxygen atoms in total. The number of hydrogen-bond acceptors (Lipinski definition) is 3. The lowest BCUT2D eigenvalue weighted by Gasteiger charge is -2.09. The molecule has 0 unspecified atom stereocenters. The van der Waals surface area contributed by atoms with Gasteiger partial charge in [-0.1, -0.05) is 48.9 Å². The van der Waals surface area contributed by atoms with Crippen molar-refractivity contribution in [3.05, 3.63) is 71.7 Å². The van der Waals surface area contributed by atoms with Crippen molar-refractivity contribution in [2.45, 2.75) is 20.3 Å². The van der Waals surface area contributed by atoms with Crippen molar-refractivity contribution in [2.24, 2.45) is 0 Å². The topological polar surface area (TPSA) is 55.1 Å². The minimum absolute atomic E-state index is 0.267. The Balaban J connectivity index is 1.91. The highest BCUT2D eigenvalue weighted by Crippen LogP contribution is 2.25. The van der Waals surface area contributed by atoms with Gasteiger partial charge in [-0.15, -0.1) is 0 Å². The summed E-state index contributed by atoms with van der Waals surface area (Å²) in [5.74, 6) is 0.219. The zero-order chi connectivity index (χ0) is 16.2. The first-order valence-corrected chi connectivity index (χ1v) is 7.59. The van der Waals surface area contributed by atoms with Crippen molar-refractivity contribution in [2.75, 3.05) is 5.32 Å². The number of para-hydroxylation sites is 1. The number of amides is 1. The molecule has 0 spiro atoms. The molecule has 0 saturated carbocycles. The molecule has 116 valence electrons. The van der Waals surface area contributed by atoms with Crippen molar-refractivity contribution < 1.29 is 9.21 Å². The van der Waals surface area contributed by atoms with Gasteiger partial charge in [-0.3, -0.25) is 4.79 Å². The number of nitrogens with zero attached hydrogens (tertiary/aromatic N) is 1. The van der Waals surface area contributed by atoms with E-state index in [9.17, 15) is 4.79 Å². The molecule has 0 atom stereocenters. The van der Waals surface area contributed by atoms with Crippen molar-refractivity contribution in [1.82, 2.24) is 4.98 Å². The molecule has 0 fully saturated rings. The van der Waals surface area contributed by atoms with Crippen molar-refractivity contribution >= 4 is 11.6 Å². The summed E-state index contributed by atoms with van der Waals surface area (Å²) < 4.78 is 5.45. The Morgan fingerprint density at radius 2 is 2.00 bits per heavy atom. The highest BCUT2D eigenvalue weighted by molar-refractivity contribution is 6.06. The van der Waals surface area contributed by atoms with E-state index in [4.69, 9.17) is 4.42 Å². The zero-order valence-electron chi connectivity index (χ0n) is 13.2. The maximum Gasteiger partial charge on any atom is 0.278 e. The van der Waals surface area contributed by atoms with Crippen LogP contribution in [0.2, 0.25) is 0 Å². The van der Waals surface area contributed by atoms with Gasteiger partial charge in [-0.05, 0) is 31.0 Å². The van der Waals surface area contributed by atoms with Crippen LogP contribution < -0.4 is 5.32 Å². The van der Waals surface area contributed by atoms with E-state index in [2.05, 4.69) is 17.2 Å². The summed E-state index contributed by atoms with van der Waals surface area (Å²) >= 11 is 0. The van der Waals surface area contributed by atoms with E-state index >= 15 is 0 Å². The molecule has 1 heterocycles. The standard InChI is InChI=1S/C19H18N2O2/c1-3-14-8-4-5-10-16(14)21-19(22)17-18(23-12-20-17)15-9-6-7-13(2)11-15/h4-12H,3H2,1-2H3,(H,21,22). The largest absolute Gasteiger partial charge is 0.443 e. The van der Waals surface area contributed by atoms with Gasteiger partial charge in [0.15, 0.2) is 17.8 Å². The van der Waals surface area contributed by atoms with E-state index < -0.39 is 0 Å². The Kier molecular flexibility index (Phi) is 4.24. The van der Waals surface area contributed by atoms with E-state index in [0.29, 0.717) is 11.5 Å². The fourth-order valence-electron chi connectivity index (χ4n) is 2.53. The molecule has 0 saturated heterocycles. The third-order valence-corrected chi connectivity index (χ3v) is 3.71. The van der Waals surface area contributed by atoms with E-state index in [1.165, 1.54) is 6.39 Å². The Hall–Kier alpha value is -2.88. The first-order chi connectivity index (χ1) is 11.2. The Bertz CT molecular complexity index is 837. The van der Waals surface area contributed by atoms with Gasteiger partial charge in [0.05, 0.1) is 0 Å². The Labute approximate surface area is 135 Å². The predicted molar refractivity (Wildman–Crippen MR) is 90.4 cm³/mol. The molecule has 0 aliphatic carbocycles. The van der Waals surface area contributed by atoms with E-state index in [1.54, 1.807) is 0 Å². The predicted octanol–water partition coefficient (Wildman–Crippen LogP) is 4.46. The Morgan fingerprint density at radius 1 is 1.17 bits per heavy atom. The number of benzene rings is 2. The summed E-state index contributed by atoms with van der Waals surface area (Å²) in [6.45, 7) is 4.05. The highest BCUT2D eigenvalue weighted by atomic mass is 16.3. The van der Waals surface area contributed by atoms with E-state index in [-0.39, 0.29) is 5.91 Å². The lowest BCUT2D eigenvalue weighted by Crippen LogP contribution is -2.14. The molecule has 2 aromatic carbocycles. The number of aryl methyl sites for hydroxylation is 2. The maximum absolute atomic E-state index is 12.6. The van der Waals surface area contributed by atoms with Gasteiger partial charge >= 0.3 is 0 Å². The number of carbonyl (C=O) groups is 1. The number of anilines is 1. The van der Waals surface area contributed by atoms with Crippen LogP contribution in [0.1, 0.15) is 28.5 Å². The summed E-state index contributed by atoms with van der Waals surface area (Å²) in [5.41, 5.74) is 4.12. The molecule has 3 rings (SSSR count). The van der Waals surface area contributed by atoms with Gasteiger partial charge in [0.1, 0.15) is 0 Å². The molecule has 3 aromatic rings. The normalized spacial score (nSPS) is 10.5. The SMILES string of the molecule is CCc1ccccc1NC(=O)c1ncoc1-c1cccc(C)c1. The van der Waals surface area contributed by atoms with Crippen LogP contribution in [-0.2, 0) is 6.42 Å². The summed E-state index contributed by atoms with van der Waals surface area (Å²) in [6, 6.07) is 15.6. The zero-order valence-corrected chi connectivity index (χ0v) is 13.2. The summed E-state index contributed by atoms with van der Waals surface area (Å²) in [6.07, 6.45) is 2.15. The molecule has 1 amide bonds. The lowest BCUT2D eigenvalue weighted by atomic mass is 10.1. The van der Waals surface area contributed by atoms with Gasteiger partial charge in [0.2, 0.25) is 0 Å². The smallest absolute Gasteiger partial charge is 0.278 e. The summed E-state index contributed by atoms with van der Waals surface area (Å²) in [7, 11) is 0. The fraction of sp³-hybridized carbons (Fsp3) is 0.158. The van der Waals surface area contributed by atoms with Gasteiger partial charge in [0.25, 0.3) is 5.91 Å². The average Bonchev–Trinajstić information content (AvgIpc) is 3.05. The summed E-state index contributed by atoms with van der Waals surface area (Å²) in [5, 5.41) is 2.93. The number of carbonyl (C=O) groups excluding carboxylic acids is 1. The average molecular weight is 306 g/mol. The van der Waals surface area contributed by atoms with Crippen LogP contribution in [0.25, 0.3) is 11.3 Å². The highest BCUT2D eigenvalue weighted by Gasteiger charge is 2.19. The number of hydrogen-bond donors (Lipinski definition) is 1. The van der Waals surface area contributed by atoms with Gasteiger partial charge in [-0.2, -0.15) is 0 Å². The molecule has 1 N–H and O–H groups in total. The van der Waals surface area contributed by atoms with Crippen LogP contribution in [-0.4, -0.2) is 10.9 Å². The molecular weight excluding hydrogens is 288 g/mol. The third-order valence-electron chi connectivity index (χ3n) is 3.71. The molecule has 23 heavy (non-hydrogen) atoms. The van der Waals surface area contributed by atoms with Crippen molar-refractivity contribution in [3.63, 3.8) is 0 Å². The van der Waals surface area contributed by atoms with E-state index in [1.807, 2.05) is 55.5 Å². The first-order valence-electron chi connectivity index (χ1n) is 7.59. The van der Waals surface area contributed by atoms with Crippen molar-refractivity contribution in [3.8, 4) is 11.3 Å². The van der Waals surface area contributed by atoms with E-state index in [0.717, 1.165) is 28.8 Å². The van der Waals surface area contributed by atoms with Crippen LogP contribution >= 0.6 is 0 Å². The third kappa shape index (κ3) is 3.16. The summed E-state index contributed by atoms with van der Waals surface area (Å²) in [4.78, 5) is 16.7. The number of aromatic nitrogens is 1. The Morgan fingerprint density at radius 3 is 2.78 bits per heavy atom. The molecule has 1 aromatic heterocycles. The molecule has 0 aliphatic heterocycles. The number of nitrogens with one attached hydrogen (secondary N) is 1. The molecule has 0 bridgehead atoms. The minimum atomic E-state index is -0.267. The van der Waals surface area contributed by atoms with Crippen LogP contribution in [0.4, 0.5) is 5.69 Å². The second-order valence-corrected chi connectivity index (χ2v) is 5.36. The first kappa shape index (κ1) is 15.0. The van der Waals surface area contributed by atoms with Crippen LogP contribution in [0, 0.1) is 6.92 Å². The maximum atomic E-state index is 12.6. The van der Waals surface area contributed by atoms with Gasteiger partial charge < -0.3 is 9.73 Å². The quantitative estimate of drug-likeness (QED) is 0.774. The monoisotopic (exact) mass is 306 g/mol. The van der Waals surface area contributed by atoms with Gasteiger partial charge in [-0.25, -0.2) is 4.98 Å². The van der Waals surface area contributed by atoms with Crippen LogP contribution in [0.15, 0.2) is 59.3 Å². The second kappa shape index (κ2) is 6.48. The van der Waals surface area contributed by atoms with Crippen LogP contribution in [0.5, 0.6) is 0 Å². The van der Waals surface area contributed by atoms with Gasteiger partial charge in [0, 0.05) is 11.3 Å². The molecular formula is C19H18N2O2. The fourth-order valence-corrected chi connectivity index (χ4v) is 2.53. The second-order valence-electron chi connectivity index (χ2n) is 5.36. The lowest BCUT2D eigenvalue weighted by molar-refractivity contribution is 0.102. The van der Waals surface area contributed by atoms with Crippen molar-refractivity contribution in [1.29, 1.82) is 0 Å².